The van der Waals surface area contributed by atoms with Crippen LogP contribution in [0.4, 0.5) is 0 Å². The lowest BCUT2D eigenvalue weighted by atomic mass is 10.1. The first-order valence-electron chi connectivity index (χ1n) is 5.05. The zero-order valence-corrected chi connectivity index (χ0v) is 8.96. The van der Waals surface area contributed by atoms with E-state index in [0.29, 0.717) is 24.7 Å². The van der Waals surface area contributed by atoms with Gasteiger partial charge in [-0.15, -0.1) is 0 Å². The van der Waals surface area contributed by atoms with Crippen molar-refractivity contribution in [3.63, 3.8) is 0 Å². The molecule has 0 aliphatic carbocycles. The lowest BCUT2D eigenvalue weighted by molar-refractivity contribution is 0.0879. The number of hydrogen-bond donors (Lipinski definition) is 0. The molecule has 0 spiro atoms. The van der Waals surface area contributed by atoms with E-state index in [4.69, 9.17) is 9.47 Å². The van der Waals surface area contributed by atoms with Crippen molar-refractivity contribution in [2.45, 2.75) is 18.9 Å². The summed E-state index contributed by atoms with van der Waals surface area (Å²) in [4.78, 5) is 0. The van der Waals surface area contributed by atoms with E-state index in [1.807, 2.05) is 0 Å². The van der Waals surface area contributed by atoms with Crippen LogP contribution in [0.2, 0.25) is 0 Å². The third kappa shape index (κ3) is 3.22. The first-order chi connectivity index (χ1) is 6.66. The third-order valence-corrected chi connectivity index (χ3v) is 4.51. The van der Waals surface area contributed by atoms with E-state index in [9.17, 15) is 8.42 Å². The highest BCUT2D eigenvalue weighted by atomic mass is 32.2. The van der Waals surface area contributed by atoms with Crippen LogP contribution < -0.4 is 0 Å². The summed E-state index contributed by atoms with van der Waals surface area (Å²) >= 11 is 0. The standard InChI is InChI=1S/C9H16O4S/c10-14(11)3-1-2-8(7-14)4-12-5-9-6-13-9/h8-9H,1-7H2. The van der Waals surface area contributed by atoms with Gasteiger partial charge in [0.1, 0.15) is 6.10 Å². The Morgan fingerprint density at radius 1 is 1.36 bits per heavy atom. The van der Waals surface area contributed by atoms with Crippen molar-refractivity contribution in [3.05, 3.63) is 0 Å². The fourth-order valence-electron chi connectivity index (χ4n) is 1.78. The van der Waals surface area contributed by atoms with Crippen LogP contribution in [-0.2, 0) is 19.3 Å². The second-order valence-corrected chi connectivity index (χ2v) is 6.34. The molecule has 0 N–H and O–H groups in total. The summed E-state index contributed by atoms with van der Waals surface area (Å²) in [5.41, 5.74) is 0. The van der Waals surface area contributed by atoms with E-state index >= 15 is 0 Å². The second kappa shape index (κ2) is 4.16. The van der Waals surface area contributed by atoms with Crippen LogP contribution in [0.5, 0.6) is 0 Å². The third-order valence-electron chi connectivity index (χ3n) is 2.62. The van der Waals surface area contributed by atoms with E-state index in [1.54, 1.807) is 0 Å². The van der Waals surface area contributed by atoms with E-state index in [-0.39, 0.29) is 12.0 Å². The Labute approximate surface area is 84.5 Å². The van der Waals surface area contributed by atoms with Crippen LogP contribution in [0.3, 0.4) is 0 Å². The van der Waals surface area contributed by atoms with Gasteiger partial charge in [-0.25, -0.2) is 8.42 Å². The molecule has 2 unspecified atom stereocenters. The number of sulfone groups is 1. The van der Waals surface area contributed by atoms with Crippen molar-refractivity contribution < 1.29 is 17.9 Å². The van der Waals surface area contributed by atoms with E-state index < -0.39 is 9.84 Å². The number of ether oxygens (including phenoxy) is 2. The number of rotatable bonds is 4. The van der Waals surface area contributed by atoms with Crippen LogP contribution >= 0.6 is 0 Å². The summed E-state index contributed by atoms with van der Waals surface area (Å²) in [7, 11) is -2.78. The summed E-state index contributed by atoms with van der Waals surface area (Å²) in [6, 6.07) is 0. The minimum Gasteiger partial charge on any atom is -0.378 e. The van der Waals surface area contributed by atoms with Gasteiger partial charge in [0.2, 0.25) is 0 Å². The van der Waals surface area contributed by atoms with Crippen molar-refractivity contribution in [1.82, 2.24) is 0 Å². The molecule has 2 atom stereocenters. The van der Waals surface area contributed by atoms with Gasteiger partial charge >= 0.3 is 0 Å². The maximum absolute atomic E-state index is 11.3. The Hall–Kier alpha value is -0.130. The van der Waals surface area contributed by atoms with Gasteiger partial charge in [0.05, 0.1) is 31.3 Å². The van der Waals surface area contributed by atoms with Crippen LogP contribution in [-0.4, -0.2) is 45.8 Å². The quantitative estimate of drug-likeness (QED) is 0.636. The van der Waals surface area contributed by atoms with Gasteiger partial charge in [0.15, 0.2) is 9.84 Å². The highest BCUT2D eigenvalue weighted by molar-refractivity contribution is 7.91. The maximum atomic E-state index is 11.3. The highest BCUT2D eigenvalue weighted by Crippen LogP contribution is 2.19. The van der Waals surface area contributed by atoms with Gasteiger partial charge in [-0.05, 0) is 18.8 Å². The molecule has 2 rings (SSSR count). The van der Waals surface area contributed by atoms with E-state index in [1.165, 1.54) is 0 Å². The molecule has 0 amide bonds. The van der Waals surface area contributed by atoms with Crippen molar-refractivity contribution in [1.29, 1.82) is 0 Å². The summed E-state index contributed by atoms with van der Waals surface area (Å²) in [5, 5.41) is 0. The van der Waals surface area contributed by atoms with Crippen molar-refractivity contribution in [2.75, 3.05) is 31.3 Å². The fourth-order valence-corrected chi connectivity index (χ4v) is 3.53. The predicted molar refractivity (Wildman–Crippen MR) is 51.9 cm³/mol. The molecule has 2 fully saturated rings. The highest BCUT2D eigenvalue weighted by Gasteiger charge is 2.26. The average molecular weight is 220 g/mol. The molecule has 5 heteroatoms. The Kier molecular flexibility index (Phi) is 3.09. The Balaban J connectivity index is 1.68. The monoisotopic (exact) mass is 220 g/mol. The largest absolute Gasteiger partial charge is 0.378 e. The zero-order valence-electron chi connectivity index (χ0n) is 8.15. The summed E-state index contributed by atoms with van der Waals surface area (Å²) in [5.74, 6) is 0.862. The van der Waals surface area contributed by atoms with Gasteiger partial charge < -0.3 is 9.47 Å². The van der Waals surface area contributed by atoms with Crippen LogP contribution in [0.15, 0.2) is 0 Å². The molecule has 2 saturated heterocycles. The molecule has 2 heterocycles. The molecule has 14 heavy (non-hydrogen) atoms. The molecule has 2 aliphatic heterocycles. The Morgan fingerprint density at radius 2 is 2.14 bits per heavy atom. The van der Waals surface area contributed by atoms with Gasteiger partial charge in [-0.1, -0.05) is 0 Å². The molecule has 2 aliphatic rings. The van der Waals surface area contributed by atoms with Crippen LogP contribution in [0.1, 0.15) is 12.8 Å². The lowest BCUT2D eigenvalue weighted by Gasteiger charge is -2.21. The first-order valence-corrected chi connectivity index (χ1v) is 6.88. The Morgan fingerprint density at radius 3 is 2.79 bits per heavy atom. The molecule has 0 bridgehead atoms. The van der Waals surface area contributed by atoms with Crippen LogP contribution in [0, 0.1) is 5.92 Å². The van der Waals surface area contributed by atoms with Gasteiger partial charge in [0.25, 0.3) is 0 Å². The molecule has 82 valence electrons. The summed E-state index contributed by atoms with van der Waals surface area (Å²) in [6.07, 6.45) is 2.04. The van der Waals surface area contributed by atoms with E-state index in [0.717, 1.165) is 19.4 Å². The molecule has 0 aromatic carbocycles. The predicted octanol–water partition coefficient (Wildman–Crippen LogP) is 0.227. The molecule has 0 aromatic rings. The van der Waals surface area contributed by atoms with E-state index in [2.05, 4.69) is 0 Å². The Bertz CT molecular complexity index is 281. The zero-order chi connectivity index (χ0) is 10.0. The molecule has 4 nitrogen and oxygen atoms in total. The lowest BCUT2D eigenvalue weighted by Crippen LogP contribution is -2.28. The second-order valence-electron chi connectivity index (χ2n) is 4.12. The summed E-state index contributed by atoms with van der Waals surface area (Å²) < 4.78 is 33.0. The number of epoxide rings is 1. The van der Waals surface area contributed by atoms with Crippen molar-refractivity contribution in [2.24, 2.45) is 5.92 Å². The topological polar surface area (TPSA) is 55.9 Å². The molecule has 0 radical (unpaired) electrons. The first kappa shape index (κ1) is 10.4. The minimum atomic E-state index is -2.78. The smallest absolute Gasteiger partial charge is 0.150 e. The molecule has 0 aromatic heterocycles. The van der Waals surface area contributed by atoms with Crippen molar-refractivity contribution >= 4 is 9.84 Å². The van der Waals surface area contributed by atoms with Gasteiger partial charge in [-0.3, -0.25) is 0 Å². The summed E-state index contributed by atoms with van der Waals surface area (Å²) in [6.45, 7) is 1.98. The van der Waals surface area contributed by atoms with Gasteiger partial charge in [0, 0.05) is 0 Å². The average Bonchev–Trinajstić information content (AvgIpc) is 2.86. The molecular formula is C9H16O4S. The molecule has 0 saturated carbocycles. The normalized spacial score (nSPS) is 35.4. The van der Waals surface area contributed by atoms with Gasteiger partial charge in [-0.2, -0.15) is 0 Å². The fraction of sp³-hybridized carbons (Fsp3) is 1.00. The van der Waals surface area contributed by atoms with Crippen molar-refractivity contribution in [3.8, 4) is 0 Å². The minimum absolute atomic E-state index is 0.201. The molecular weight excluding hydrogens is 204 g/mol. The SMILES string of the molecule is O=S1(=O)CCCC(COCC2CO2)C1. The number of hydrogen-bond acceptors (Lipinski definition) is 4. The maximum Gasteiger partial charge on any atom is 0.150 e. The van der Waals surface area contributed by atoms with Crippen LogP contribution in [0.25, 0.3) is 0 Å².